The Balaban J connectivity index is 0.00000180. The molecule has 1 atom stereocenters. The Morgan fingerprint density at radius 1 is 1.42 bits per heavy atom. The van der Waals surface area contributed by atoms with E-state index in [0.717, 1.165) is 25.1 Å². The van der Waals surface area contributed by atoms with Crippen LogP contribution < -0.4 is 5.73 Å². The molecule has 1 aliphatic heterocycles. The molecule has 2 rings (SSSR count). The first-order valence-electron chi connectivity index (χ1n) is 6.35. The molecular weight excluding hydrogens is 266 g/mol. The zero-order valence-electron chi connectivity index (χ0n) is 10.8. The molecule has 2 N–H and O–H groups in total. The predicted molar refractivity (Wildman–Crippen MR) is 77.4 cm³/mol. The van der Waals surface area contributed by atoms with Gasteiger partial charge < -0.3 is 5.73 Å². The van der Waals surface area contributed by atoms with Gasteiger partial charge in [0.25, 0.3) is 5.69 Å². The molecule has 19 heavy (non-hydrogen) atoms. The van der Waals surface area contributed by atoms with Crippen LogP contribution in [0.3, 0.4) is 0 Å². The third kappa shape index (κ3) is 4.16. The van der Waals surface area contributed by atoms with Crippen LogP contribution in [0.1, 0.15) is 18.4 Å². The van der Waals surface area contributed by atoms with E-state index in [4.69, 9.17) is 5.73 Å². The molecule has 6 heteroatoms. The number of likely N-dealkylation sites (tertiary alicyclic amines) is 1. The van der Waals surface area contributed by atoms with Crippen molar-refractivity contribution in [2.24, 2.45) is 11.7 Å². The summed E-state index contributed by atoms with van der Waals surface area (Å²) in [5.41, 5.74) is 6.71. The summed E-state index contributed by atoms with van der Waals surface area (Å²) in [5.74, 6) is 0.529. The zero-order chi connectivity index (χ0) is 13.0. The summed E-state index contributed by atoms with van der Waals surface area (Å²) < 4.78 is 0. The van der Waals surface area contributed by atoms with Gasteiger partial charge in [0.2, 0.25) is 0 Å². The first-order chi connectivity index (χ1) is 8.70. The Morgan fingerprint density at radius 3 is 2.84 bits per heavy atom. The molecular formula is C13H20ClN3O2. The van der Waals surface area contributed by atoms with E-state index < -0.39 is 0 Å². The lowest BCUT2D eigenvalue weighted by molar-refractivity contribution is -0.385. The number of halogens is 1. The van der Waals surface area contributed by atoms with Crippen LogP contribution in [0.4, 0.5) is 5.69 Å². The van der Waals surface area contributed by atoms with Crippen molar-refractivity contribution in [2.75, 3.05) is 19.6 Å². The third-order valence-electron chi connectivity index (χ3n) is 3.52. The number of nitro groups is 1. The van der Waals surface area contributed by atoms with Crippen LogP contribution in [-0.2, 0) is 6.54 Å². The second kappa shape index (κ2) is 7.43. The minimum Gasteiger partial charge on any atom is -0.330 e. The maximum Gasteiger partial charge on any atom is 0.273 e. The summed E-state index contributed by atoms with van der Waals surface area (Å²) >= 11 is 0. The fraction of sp³-hybridized carbons (Fsp3) is 0.538. The minimum atomic E-state index is -0.306. The smallest absolute Gasteiger partial charge is 0.273 e. The molecule has 0 bridgehead atoms. The van der Waals surface area contributed by atoms with Crippen molar-refractivity contribution in [2.45, 2.75) is 19.4 Å². The van der Waals surface area contributed by atoms with Gasteiger partial charge in [-0.3, -0.25) is 15.0 Å². The number of hydrogen-bond acceptors (Lipinski definition) is 4. The Kier molecular flexibility index (Phi) is 6.21. The Bertz CT molecular complexity index is 428. The monoisotopic (exact) mass is 285 g/mol. The summed E-state index contributed by atoms with van der Waals surface area (Å²) in [4.78, 5) is 12.9. The van der Waals surface area contributed by atoms with Crippen LogP contribution in [0.15, 0.2) is 24.3 Å². The summed E-state index contributed by atoms with van der Waals surface area (Å²) in [6, 6.07) is 6.97. The third-order valence-corrected chi connectivity index (χ3v) is 3.52. The van der Waals surface area contributed by atoms with E-state index in [1.165, 1.54) is 6.42 Å². The highest BCUT2D eigenvalue weighted by Crippen LogP contribution is 2.22. The summed E-state index contributed by atoms with van der Waals surface area (Å²) in [6.07, 6.45) is 2.30. The van der Waals surface area contributed by atoms with E-state index in [0.29, 0.717) is 19.0 Å². The summed E-state index contributed by atoms with van der Waals surface area (Å²) in [6.45, 7) is 3.30. The molecule has 1 unspecified atom stereocenters. The molecule has 1 fully saturated rings. The number of hydrogen-bond donors (Lipinski definition) is 1. The van der Waals surface area contributed by atoms with E-state index >= 15 is 0 Å². The second-order valence-electron chi connectivity index (χ2n) is 4.86. The molecule has 106 valence electrons. The van der Waals surface area contributed by atoms with Crippen LogP contribution in [0.5, 0.6) is 0 Å². The average molecular weight is 286 g/mol. The molecule has 1 aromatic carbocycles. The second-order valence-corrected chi connectivity index (χ2v) is 4.86. The van der Waals surface area contributed by atoms with Crippen molar-refractivity contribution in [1.29, 1.82) is 0 Å². The van der Waals surface area contributed by atoms with Gasteiger partial charge in [0.15, 0.2) is 0 Å². The van der Waals surface area contributed by atoms with Gasteiger partial charge in [-0.15, -0.1) is 12.4 Å². The lowest BCUT2D eigenvalue weighted by Crippen LogP contribution is -2.37. The molecule has 1 aromatic rings. The zero-order valence-corrected chi connectivity index (χ0v) is 11.6. The van der Waals surface area contributed by atoms with Gasteiger partial charge in [0.1, 0.15) is 0 Å². The molecule has 0 saturated carbocycles. The van der Waals surface area contributed by atoms with Crippen LogP contribution in [0, 0.1) is 16.0 Å². The van der Waals surface area contributed by atoms with E-state index in [1.54, 1.807) is 12.1 Å². The molecule has 0 aliphatic carbocycles. The highest BCUT2D eigenvalue weighted by Gasteiger charge is 2.21. The fourth-order valence-electron chi connectivity index (χ4n) is 2.55. The number of piperidine rings is 1. The summed E-state index contributed by atoms with van der Waals surface area (Å²) in [7, 11) is 0. The van der Waals surface area contributed by atoms with Crippen molar-refractivity contribution in [3.05, 3.63) is 39.9 Å². The van der Waals surface area contributed by atoms with Crippen LogP contribution in [0.25, 0.3) is 0 Å². The number of nitrogens with zero attached hydrogens (tertiary/aromatic N) is 2. The van der Waals surface area contributed by atoms with Crippen molar-refractivity contribution in [1.82, 2.24) is 4.90 Å². The molecule has 1 saturated heterocycles. The van der Waals surface area contributed by atoms with Crippen molar-refractivity contribution >= 4 is 18.1 Å². The molecule has 1 heterocycles. The van der Waals surface area contributed by atoms with Gasteiger partial charge in [-0.25, -0.2) is 0 Å². The SMILES string of the molecule is Cl.NCC1CCCN(Cc2ccccc2[N+](=O)[O-])C1. The number of para-hydroxylation sites is 1. The van der Waals surface area contributed by atoms with Gasteiger partial charge in [-0.2, -0.15) is 0 Å². The van der Waals surface area contributed by atoms with E-state index in [2.05, 4.69) is 4.90 Å². The topological polar surface area (TPSA) is 72.4 Å². The van der Waals surface area contributed by atoms with Gasteiger partial charge in [-0.1, -0.05) is 18.2 Å². The van der Waals surface area contributed by atoms with E-state index in [-0.39, 0.29) is 23.0 Å². The average Bonchev–Trinajstić information content (AvgIpc) is 2.39. The van der Waals surface area contributed by atoms with Gasteiger partial charge >= 0.3 is 0 Å². The normalized spacial score (nSPS) is 19.7. The van der Waals surface area contributed by atoms with Crippen LogP contribution in [-0.4, -0.2) is 29.5 Å². The number of nitrogens with two attached hydrogens (primary N) is 1. The fourth-order valence-corrected chi connectivity index (χ4v) is 2.55. The Hall–Kier alpha value is -1.17. The number of nitro benzene ring substituents is 1. The van der Waals surface area contributed by atoms with Crippen molar-refractivity contribution in [3.63, 3.8) is 0 Å². The Labute approximate surface area is 119 Å². The highest BCUT2D eigenvalue weighted by molar-refractivity contribution is 5.85. The van der Waals surface area contributed by atoms with Gasteiger partial charge in [0.05, 0.1) is 4.92 Å². The standard InChI is InChI=1S/C13H19N3O2.ClH/c14-8-11-4-3-7-15(9-11)10-12-5-1-2-6-13(12)16(17)18;/h1-2,5-6,11H,3-4,7-10,14H2;1H. The predicted octanol–water partition coefficient (Wildman–Crippen LogP) is 2.19. The maximum absolute atomic E-state index is 11.0. The van der Waals surface area contributed by atoms with E-state index in [9.17, 15) is 10.1 Å². The largest absolute Gasteiger partial charge is 0.330 e. The maximum atomic E-state index is 11.0. The minimum absolute atomic E-state index is 0. The number of rotatable bonds is 4. The highest BCUT2D eigenvalue weighted by atomic mass is 35.5. The quantitative estimate of drug-likeness (QED) is 0.680. The first kappa shape index (κ1) is 15.9. The van der Waals surface area contributed by atoms with E-state index in [1.807, 2.05) is 12.1 Å². The van der Waals surface area contributed by atoms with Crippen LogP contribution in [0.2, 0.25) is 0 Å². The van der Waals surface area contributed by atoms with Crippen molar-refractivity contribution < 1.29 is 4.92 Å². The summed E-state index contributed by atoms with van der Waals surface area (Å²) in [5, 5.41) is 11.0. The first-order valence-corrected chi connectivity index (χ1v) is 6.35. The van der Waals surface area contributed by atoms with Gasteiger partial charge in [-0.05, 0) is 31.8 Å². The van der Waals surface area contributed by atoms with Gasteiger partial charge in [0, 0.05) is 24.7 Å². The molecule has 0 aromatic heterocycles. The molecule has 0 spiro atoms. The van der Waals surface area contributed by atoms with Crippen molar-refractivity contribution in [3.8, 4) is 0 Å². The number of benzene rings is 1. The Morgan fingerprint density at radius 2 is 2.16 bits per heavy atom. The van der Waals surface area contributed by atoms with Crippen LogP contribution >= 0.6 is 12.4 Å². The lowest BCUT2D eigenvalue weighted by atomic mass is 9.98. The lowest BCUT2D eigenvalue weighted by Gasteiger charge is -2.31. The molecule has 0 radical (unpaired) electrons. The molecule has 0 amide bonds. The molecule has 5 nitrogen and oxygen atoms in total. The molecule has 1 aliphatic rings.